The largest absolute Gasteiger partial charge is 0.485 e. The van der Waals surface area contributed by atoms with Crippen molar-refractivity contribution in [3.8, 4) is 5.75 Å². The molecule has 0 spiro atoms. The smallest absolute Gasteiger partial charge is 0.274 e. The van der Waals surface area contributed by atoms with Crippen molar-refractivity contribution in [1.29, 1.82) is 0 Å². The number of nitrogens with zero attached hydrogens (tertiary/aromatic N) is 4. The molecule has 32 heavy (non-hydrogen) atoms. The molecule has 2 aromatic heterocycles. The van der Waals surface area contributed by atoms with Crippen molar-refractivity contribution in [1.82, 2.24) is 19.2 Å². The van der Waals surface area contributed by atoms with Crippen molar-refractivity contribution in [3.63, 3.8) is 0 Å². The molecule has 4 rings (SSSR count). The van der Waals surface area contributed by atoms with Crippen LogP contribution in [-0.4, -0.2) is 25.1 Å². The summed E-state index contributed by atoms with van der Waals surface area (Å²) < 4.78 is 9.08. The molecule has 2 heterocycles. The highest BCUT2D eigenvalue weighted by molar-refractivity contribution is 6.34. The number of hydrogen-bond acceptors (Lipinski definition) is 5. The highest BCUT2D eigenvalue weighted by Gasteiger charge is 2.14. The van der Waals surface area contributed by atoms with E-state index >= 15 is 0 Å². The molecule has 0 unspecified atom stereocenters. The second-order valence-corrected chi connectivity index (χ2v) is 8.05. The van der Waals surface area contributed by atoms with Crippen LogP contribution in [0, 0.1) is 6.92 Å². The van der Waals surface area contributed by atoms with Crippen molar-refractivity contribution in [2.75, 3.05) is 5.32 Å². The van der Waals surface area contributed by atoms with Crippen LogP contribution in [0.5, 0.6) is 5.75 Å². The third-order valence-corrected chi connectivity index (χ3v) is 5.19. The topological polar surface area (TPSA) is 90.5 Å². The summed E-state index contributed by atoms with van der Waals surface area (Å²) >= 11 is 6.14. The number of carbonyl (C=O) groups excluding carboxylic acids is 1. The number of amides is 1. The molecular formula is C23H22ClN5O3. The molecular weight excluding hydrogens is 430 g/mol. The van der Waals surface area contributed by atoms with Gasteiger partial charge in [-0.2, -0.15) is 9.50 Å². The van der Waals surface area contributed by atoms with Gasteiger partial charge in [-0.1, -0.05) is 29.8 Å². The molecule has 0 aliphatic rings. The Hall–Kier alpha value is -3.65. The number of aryl methyl sites for hydroxylation is 1. The third-order valence-electron chi connectivity index (χ3n) is 4.86. The molecule has 0 aliphatic heterocycles. The summed E-state index contributed by atoms with van der Waals surface area (Å²) in [6, 6.07) is 13.7. The number of fused-ring (bicyclic) bond motifs is 1. The molecule has 4 aromatic rings. The molecule has 1 N–H and O–H groups in total. The molecule has 0 bridgehead atoms. The van der Waals surface area contributed by atoms with Gasteiger partial charge in [0, 0.05) is 12.1 Å². The second-order valence-electron chi connectivity index (χ2n) is 7.64. The fraction of sp³-hybridized carbons (Fsp3) is 0.217. The molecule has 1 amide bonds. The van der Waals surface area contributed by atoms with Crippen molar-refractivity contribution in [3.05, 3.63) is 87.1 Å². The first kappa shape index (κ1) is 21.6. The Balaban J connectivity index is 1.57. The highest BCUT2D eigenvalue weighted by atomic mass is 35.5. The third kappa shape index (κ3) is 4.36. The Morgan fingerprint density at radius 2 is 1.97 bits per heavy atom. The molecule has 0 radical (unpaired) electrons. The van der Waals surface area contributed by atoms with E-state index in [2.05, 4.69) is 15.3 Å². The zero-order valence-corrected chi connectivity index (χ0v) is 18.6. The predicted octanol–water partition coefficient (Wildman–Crippen LogP) is 4.27. The SMILES string of the molecule is Cc1ccc(NC(=O)c2ccccc2Cl)c(OCc2cc(=O)n3c(ncn3C(C)C)n2)c1. The molecule has 0 fully saturated rings. The summed E-state index contributed by atoms with van der Waals surface area (Å²) in [5, 5.41) is 3.20. The monoisotopic (exact) mass is 451 g/mol. The van der Waals surface area contributed by atoms with Gasteiger partial charge >= 0.3 is 0 Å². The number of carbonyl (C=O) groups is 1. The van der Waals surface area contributed by atoms with Crippen molar-refractivity contribution < 1.29 is 9.53 Å². The summed E-state index contributed by atoms with van der Waals surface area (Å²) in [7, 11) is 0. The first-order valence-electron chi connectivity index (χ1n) is 10.1. The Morgan fingerprint density at radius 3 is 2.72 bits per heavy atom. The normalized spacial score (nSPS) is 11.2. The molecule has 0 saturated heterocycles. The van der Waals surface area contributed by atoms with Gasteiger partial charge in [0.1, 0.15) is 18.7 Å². The molecule has 0 saturated carbocycles. The Bertz CT molecular complexity index is 1360. The van der Waals surface area contributed by atoms with Crippen LogP contribution in [0.2, 0.25) is 5.02 Å². The molecule has 0 aliphatic carbocycles. The van der Waals surface area contributed by atoms with Gasteiger partial charge in [0.15, 0.2) is 0 Å². The van der Waals surface area contributed by atoms with Crippen LogP contribution in [0.3, 0.4) is 0 Å². The van der Waals surface area contributed by atoms with Crippen LogP contribution in [0.4, 0.5) is 5.69 Å². The maximum absolute atomic E-state index is 12.7. The van der Waals surface area contributed by atoms with Crippen LogP contribution in [0.25, 0.3) is 5.78 Å². The number of nitrogens with one attached hydrogen (secondary N) is 1. The van der Waals surface area contributed by atoms with E-state index in [1.807, 2.05) is 26.8 Å². The second kappa shape index (κ2) is 8.84. The first-order valence-corrected chi connectivity index (χ1v) is 10.5. The quantitative estimate of drug-likeness (QED) is 0.473. The van der Waals surface area contributed by atoms with E-state index in [0.717, 1.165) is 5.56 Å². The number of hydrogen-bond donors (Lipinski definition) is 1. The lowest BCUT2D eigenvalue weighted by Gasteiger charge is -2.14. The zero-order valence-electron chi connectivity index (χ0n) is 17.9. The maximum Gasteiger partial charge on any atom is 0.274 e. The van der Waals surface area contributed by atoms with Gasteiger partial charge in [-0.25, -0.2) is 4.98 Å². The van der Waals surface area contributed by atoms with E-state index in [-0.39, 0.29) is 24.1 Å². The summed E-state index contributed by atoms with van der Waals surface area (Å²) in [5.41, 5.74) is 2.00. The molecule has 9 heteroatoms. The van der Waals surface area contributed by atoms with Crippen molar-refractivity contribution in [2.45, 2.75) is 33.4 Å². The minimum absolute atomic E-state index is 0.0404. The maximum atomic E-state index is 12.7. The van der Waals surface area contributed by atoms with E-state index in [0.29, 0.717) is 33.5 Å². The van der Waals surface area contributed by atoms with E-state index in [1.54, 1.807) is 47.4 Å². The fourth-order valence-electron chi connectivity index (χ4n) is 3.25. The highest BCUT2D eigenvalue weighted by Crippen LogP contribution is 2.28. The van der Waals surface area contributed by atoms with Crippen LogP contribution < -0.4 is 15.6 Å². The summed E-state index contributed by atoms with van der Waals surface area (Å²) in [4.78, 5) is 33.9. The van der Waals surface area contributed by atoms with E-state index < -0.39 is 0 Å². The van der Waals surface area contributed by atoms with E-state index in [9.17, 15) is 9.59 Å². The number of anilines is 1. The minimum Gasteiger partial charge on any atom is -0.485 e. The van der Waals surface area contributed by atoms with Crippen LogP contribution in [-0.2, 0) is 6.61 Å². The molecule has 164 valence electrons. The number of ether oxygens (including phenoxy) is 1. The van der Waals surface area contributed by atoms with Gasteiger partial charge in [-0.15, -0.1) is 0 Å². The first-order chi connectivity index (χ1) is 15.3. The Morgan fingerprint density at radius 1 is 1.19 bits per heavy atom. The predicted molar refractivity (Wildman–Crippen MR) is 123 cm³/mol. The molecule has 8 nitrogen and oxygen atoms in total. The van der Waals surface area contributed by atoms with Gasteiger partial charge in [0.25, 0.3) is 17.2 Å². The average Bonchev–Trinajstić information content (AvgIpc) is 3.19. The number of benzene rings is 2. The van der Waals surface area contributed by atoms with Crippen molar-refractivity contribution >= 4 is 29.0 Å². The van der Waals surface area contributed by atoms with Gasteiger partial charge < -0.3 is 10.1 Å². The van der Waals surface area contributed by atoms with Crippen molar-refractivity contribution in [2.24, 2.45) is 0 Å². The van der Waals surface area contributed by atoms with Gasteiger partial charge in [-0.05, 0) is 50.6 Å². The number of rotatable bonds is 6. The summed E-state index contributed by atoms with van der Waals surface area (Å²) in [6.45, 7) is 5.88. The average molecular weight is 452 g/mol. The number of aromatic nitrogens is 4. The fourth-order valence-corrected chi connectivity index (χ4v) is 3.47. The lowest BCUT2D eigenvalue weighted by atomic mass is 10.1. The Kier molecular flexibility index (Phi) is 5.96. The van der Waals surface area contributed by atoms with Gasteiger partial charge in [0.2, 0.25) is 0 Å². The summed E-state index contributed by atoms with van der Waals surface area (Å²) in [5.74, 6) is 0.419. The standard InChI is InChI=1S/C23H22ClN5O3/c1-14(2)28-13-25-23-26-16(11-21(30)29(23)28)12-32-20-10-15(3)8-9-19(20)27-22(31)17-6-4-5-7-18(17)24/h4-11,13-14H,12H2,1-3H3,(H,27,31). The van der Waals surface area contributed by atoms with Gasteiger partial charge in [0.05, 0.1) is 22.0 Å². The van der Waals surface area contributed by atoms with E-state index in [1.165, 1.54) is 10.6 Å². The van der Waals surface area contributed by atoms with E-state index in [4.69, 9.17) is 16.3 Å². The summed E-state index contributed by atoms with van der Waals surface area (Å²) in [6.07, 6.45) is 1.59. The molecule has 0 atom stereocenters. The Labute approximate surface area is 189 Å². The lowest BCUT2D eigenvalue weighted by Crippen LogP contribution is -2.23. The lowest BCUT2D eigenvalue weighted by molar-refractivity contribution is 0.102. The number of halogens is 1. The van der Waals surface area contributed by atoms with Crippen LogP contribution in [0.1, 0.15) is 41.5 Å². The van der Waals surface area contributed by atoms with Crippen LogP contribution in [0.15, 0.2) is 59.7 Å². The zero-order chi connectivity index (χ0) is 22.8. The van der Waals surface area contributed by atoms with Gasteiger partial charge in [-0.3, -0.25) is 14.3 Å². The molecule has 2 aromatic carbocycles. The minimum atomic E-state index is -0.346. The van der Waals surface area contributed by atoms with Crippen LogP contribution >= 0.6 is 11.6 Å².